The van der Waals surface area contributed by atoms with E-state index in [4.69, 9.17) is 9.47 Å². The van der Waals surface area contributed by atoms with Gasteiger partial charge in [-0.05, 0) is 52.0 Å². The third-order valence-electron chi connectivity index (χ3n) is 7.26. The molecule has 2 aromatic heterocycles. The Morgan fingerprint density at radius 1 is 1.11 bits per heavy atom. The van der Waals surface area contributed by atoms with Crippen LogP contribution in [0.25, 0.3) is 0 Å². The van der Waals surface area contributed by atoms with E-state index in [2.05, 4.69) is 48.1 Å². The molecule has 6 nitrogen and oxygen atoms in total. The molecule has 4 bridgehead atoms. The minimum atomic E-state index is -1.12. The molecule has 0 radical (unpaired) electrons. The average molecular weight is 372 g/mol. The highest BCUT2D eigenvalue weighted by molar-refractivity contribution is 5.38. The van der Waals surface area contributed by atoms with E-state index in [-0.39, 0.29) is 24.1 Å². The zero-order valence-electron chi connectivity index (χ0n) is 16.5. The number of hydrogen-bond donors (Lipinski definition) is 2. The van der Waals surface area contributed by atoms with Crippen molar-refractivity contribution in [2.24, 2.45) is 0 Å². The van der Waals surface area contributed by atoms with Crippen molar-refractivity contribution in [2.45, 2.75) is 75.7 Å². The van der Waals surface area contributed by atoms with Crippen molar-refractivity contribution in [1.29, 1.82) is 0 Å². The van der Waals surface area contributed by atoms with Crippen molar-refractivity contribution in [3.05, 3.63) is 47.0 Å². The maximum atomic E-state index is 11.5. The fourth-order valence-electron chi connectivity index (χ4n) is 6.16. The molecule has 5 rings (SSSR count). The van der Waals surface area contributed by atoms with Crippen LogP contribution in [-0.4, -0.2) is 50.4 Å². The van der Waals surface area contributed by atoms with Gasteiger partial charge < -0.3 is 28.8 Å². The number of fused-ring (bicyclic) bond motifs is 2. The molecule has 2 N–H and O–H groups in total. The molecule has 0 saturated carbocycles. The summed E-state index contributed by atoms with van der Waals surface area (Å²) in [5, 5.41) is 22.5. The molecule has 1 saturated heterocycles. The SMILES string of the molecule is CO[C@@H]1c2ccc(C)n2[C@H]2[C@H]3O[C@]([C@H](C)O)([C@@H]2c2ccc(C)n2[C@H]3C)[C@H]1O. The van der Waals surface area contributed by atoms with Crippen molar-refractivity contribution in [3.8, 4) is 0 Å². The number of rotatable bonds is 2. The van der Waals surface area contributed by atoms with Crippen molar-refractivity contribution in [2.75, 3.05) is 7.11 Å². The van der Waals surface area contributed by atoms with Crippen LogP contribution in [0.2, 0.25) is 0 Å². The summed E-state index contributed by atoms with van der Waals surface area (Å²) in [6.07, 6.45) is -2.52. The molecule has 8 atom stereocenters. The molecule has 0 aromatic carbocycles. The summed E-state index contributed by atoms with van der Waals surface area (Å²) in [5.74, 6) is -0.160. The molecule has 3 aliphatic heterocycles. The first kappa shape index (κ1) is 17.5. The molecular weight excluding hydrogens is 344 g/mol. The number of aliphatic hydroxyl groups is 2. The van der Waals surface area contributed by atoms with E-state index in [1.165, 1.54) is 5.69 Å². The van der Waals surface area contributed by atoms with Crippen LogP contribution in [0.4, 0.5) is 0 Å². The molecule has 0 aliphatic carbocycles. The van der Waals surface area contributed by atoms with Gasteiger partial charge in [0.15, 0.2) is 0 Å². The van der Waals surface area contributed by atoms with E-state index in [0.29, 0.717) is 0 Å². The lowest BCUT2D eigenvalue weighted by Gasteiger charge is -2.42. The first-order valence-electron chi connectivity index (χ1n) is 9.76. The Bertz CT molecular complexity index is 900. The van der Waals surface area contributed by atoms with Crippen LogP contribution < -0.4 is 0 Å². The number of nitrogens with zero attached hydrogens (tertiary/aromatic N) is 2. The summed E-state index contributed by atoms with van der Waals surface area (Å²) < 4.78 is 17.0. The third-order valence-corrected chi connectivity index (χ3v) is 7.26. The van der Waals surface area contributed by atoms with Crippen LogP contribution in [0.1, 0.15) is 60.7 Å². The minimum Gasteiger partial charge on any atom is -0.390 e. The van der Waals surface area contributed by atoms with Gasteiger partial charge in [0.1, 0.15) is 23.9 Å². The predicted molar refractivity (Wildman–Crippen MR) is 99.9 cm³/mol. The summed E-state index contributed by atoms with van der Waals surface area (Å²) in [6, 6.07) is 8.48. The normalized spacial score (nSPS) is 40.4. The number of hydrogen-bond acceptors (Lipinski definition) is 4. The highest BCUT2D eigenvalue weighted by Gasteiger charge is 2.69. The van der Waals surface area contributed by atoms with Gasteiger partial charge in [0, 0.05) is 24.2 Å². The summed E-state index contributed by atoms with van der Waals surface area (Å²) >= 11 is 0. The number of aromatic nitrogens is 2. The Hall–Kier alpha value is -1.60. The number of aliphatic hydroxyl groups excluding tert-OH is 2. The van der Waals surface area contributed by atoms with Crippen molar-refractivity contribution < 1.29 is 19.7 Å². The lowest BCUT2D eigenvalue weighted by molar-refractivity contribution is -0.208. The summed E-state index contributed by atoms with van der Waals surface area (Å²) in [4.78, 5) is 0. The van der Waals surface area contributed by atoms with E-state index in [1.807, 2.05) is 6.07 Å². The van der Waals surface area contributed by atoms with Gasteiger partial charge in [0.05, 0.1) is 29.8 Å². The topological polar surface area (TPSA) is 68.8 Å². The van der Waals surface area contributed by atoms with Gasteiger partial charge in [-0.25, -0.2) is 0 Å². The van der Waals surface area contributed by atoms with E-state index in [1.54, 1.807) is 14.0 Å². The van der Waals surface area contributed by atoms with Crippen LogP contribution in [-0.2, 0) is 9.47 Å². The summed E-state index contributed by atoms with van der Waals surface area (Å²) in [6.45, 7) is 8.08. The van der Waals surface area contributed by atoms with Crippen LogP contribution in [0.15, 0.2) is 24.3 Å². The maximum Gasteiger partial charge on any atom is 0.133 e. The largest absolute Gasteiger partial charge is 0.390 e. The van der Waals surface area contributed by atoms with Gasteiger partial charge >= 0.3 is 0 Å². The highest BCUT2D eigenvalue weighted by Crippen LogP contribution is 2.62. The Morgan fingerprint density at radius 2 is 1.74 bits per heavy atom. The zero-order valence-corrected chi connectivity index (χ0v) is 16.5. The van der Waals surface area contributed by atoms with E-state index < -0.39 is 23.9 Å². The van der Waals surface area contributed by atoms with E-state index in [9.17, 15) is 10.2 Å². The van der Waals surface area contributed by atoms with Crippen LogP contribution in [0, 0.1) is 13.8 Å². The second-order valence-corrected chi connectivity index (χ2v) is 8.46. The number of ether oxygens (including phenoxy) is 2. The molecular formula is C21H28N2O4. The second-order valence-electron chi connectivity index (χ2n) is 8.46. The van der Waals surface area contributed by atoms with Crippen LogP contribution in [0.3, 0.4) is 0 Å². The standard InChI is InChI=1S/C21H28N2O4/c1-10-6-8-14-16-17-18(12(3)22(10)14)27-21(16,13(4)24)20(25)19(26-5)15-9-7-11(2)23(15)17/h6-9,12-13,16-20,24-25H,1-5H3/t12-,13-,16+,17+,18-,19+,20-,21+/m0/s1. The lowest BCUT2D eigenvalue weighted by atomic mass is 9.72. The molecule has 0 amide bonds. The van der Waals surface area contributed by atoms with E-state index in [0.717, 1.165) is 17.1 Å². The van der Waals surface area contributed by atoms with Crippen molar-refractivity contribution >= 4 is 0 Å². The Morgan fingerprint density at radius 3 is 2.37 bits per heavy atom. The fraction of sp³-hybridized carbons (Fsp3) is 0.619. The van der Waals surface area contributed by atoms with Crippen LogP contribution >= 0.6 is 0 Å². The third kappa shape index (κ3) is 1.85. The van der Waals surface area contributed by atoms with Gasteiger partial charge in [-0.15, -0.1) is 0 Å². The predicted octanol–water partition coefficient (Wildman–Crippen LogP) is 2.39. The van der Waals surface area contributed by atoms with Crippen molar-refractivity contribution in [1.82, 2.24) is 9.13 Å². The van der Waals surface area contributed by atoms with Crippen LogP contribution in [0.5, 0.6) is 0 Å². The number of methoxy groups -OCH3 is 1. The molecule has 1 fully saturated rings. The monoisotopic (exact) mass is 372 g/mol. The zero-order chi connectivity index (χ0) is 19.2. The minimum absolute atomic E-state index is 0.0104. The fourth-order valence-corrected chi connectivity index (χ4v) is 6.16. The molecule has 0 unspecified atom stereocenters. The average Bonchev–Trinajstić information content (AvgIpc) is 3.24. The number of aryl methyl sites for hydroxylation is 2. The van der Waals surface area contributed by atoms with Gasteiger partial charge in [-0.2, -0.15) is 0 Å². The molecule has 0 spiro atoms. The maximum absolute atomic E-state index is 11.5. The van der Waals surface area contributed by atoms with Gasteiger partial charge in [-0.3, -0.25) is 0 Å². The quantitative estimate of drug-likeness (QED) is 0.849. The lowest BCUT2D eigenvalue weighted by Crippen LogP contribution is -2.56. The Balaban J connectivity index is 1.86. The van der Waals surface area contributed by atoms with Gasteiger partial charge in [0.25, 0.3) is 0 Å². The highest BCUT2D eigenvalue weighted by atomic mass is 16.6. The van der Waals surface area contributed by atoms with Gasteiger partial charge in [0.2, 0.25) is 0 Å². The molecule has 5 heterocycles. The molecule has 27 heavy (non-hydrogen) atoms. The second kappa shape index (κ2) is 5.47. The molecule has 2 aromatic rings. The summed E-state index contributed by atoms with van der Waals surface area (Å²) in [7, 11) is 1.61. The molecule has 3 aliphatic rings. The molecule has 146 valence electrons. The van der Waals surface area contributed by atoms with Gasteiger partial charge in [-0.1, -0.05) is 0 Å². The Labute approximate surface area is 159 Å². The molecule has 6 heteroatoms. The Kier molecular flexibility index (Phi) is 3.55. The first-order valence-corrected chi connectivity index (χ1v) is 9.76. The smallest absolute Gasteiger partial charge is 0.133 e. The first-order chi connectivity index (χ1) is 12.8. The van der Waals surface area contributed by atoms with Crippen molar-refractivity contribution in [3.63, 3.8) is 0 Å². The summed E-state index contributed by atoms with van der Waals surface area (Å²) in [5.41, 5.74) is 3.26. The van der Waals surface area contributed by atoms with E-state index >= 15 is 0 Å².